The summed E-state index contributed by atoms with van der Waals surface area (Å²) in [6, 6.07) is 17.5. The second kappa shape index (κ2) is 8.13. The predicted octanol–water partition coefficient (Wildman–Crippen LogP) is 5.95. The lowest BCUT2D eigenvalue weighted by Crippen LogP contribution is -2.03. The van der Waals surface area contributed by atoms with E-state index >= 15 is 0 Å². The first-order valence-corrected chi connectivity index (χ1v) is 9.86. The molecule has 29 heavy (non-hydrogen) atoms. The van der Waals surface area contributed by atoms with Crippen LogP contribution in [0.5, 0.6) is 0 Å². The molecule has 0 amide bonds. The summed E-state index contributed by atoms with van der Waals surface area (Å²) in [5.74, 6) is -1.06. The Labute approximate surface area is 170 Å². The van der Waals surface area contributed by atoms with Crippen LogP contribution in [0.2, 0.25) is 0 Å². The molecule has 3 nitrogen and oxygen atoms in total. The van der Waals surface area contributed by atoms with Crippen LogP contribution >= 0.6 is 11.8 Å². The van der Waals surface area contributed by atoms with Gasteiger partial charge in [-0.25, -0.2) is 13.2 Å². The minimum absolute atomic E-state index is 0.230. The zero-order valence-electron chi connectivity index (χ0n) is 15.4. The van der Waals surface area contributed by atoms with Crippen molar-refractivity contribution in [3.63, 3.8) is 0 Å². The zero-order valence-corrected chi connectivity index (χ0v) is 16.3. The van der Waals surface area contributed by atoms with Crippen molar-refractivity contribution in [3.05, 3.63) is 95.3 Å². The van der Waals surface area contributed by atoms with Gasteiger partial charge in [0, 0.05) is 11.8 Å². The van der Waals surface area contributed by atoms with Crippen molar-refractivity contribution < 1.29 is 13.2 Å². The number of aromatic nitrogens is 3. The standard InChI is InChI=1S/C22H16F3N3S/c1-14-6-2-5-9-20(14)28-21(17-7-3-4-8-18(17)24)26-27-22(28)29-13-15-10-11-16(23)12-19(15)25/h2-12H,13H2,1H3. The molecular formula is C22H16F3N3S. The van der Waals surface area contributed by atoms with Crippen LogP contribution in [0.1, 0.15) is 11.1 Å². The highest BCUT2D eigenvalue weighted by atomic mass is 32.2. The van der Waals surface area contributed by atoms with Gasteiger partial charge >= 0.3 is 0 Å². The molecule has 0 spiro atoms. The summed E-state index contributed by atoms with van der Waals surface area (Å²) in [5, 5.41) is 8.93. The topological polar surface area (TPSA) is 30.7 Å². The lowest BCUT2D eigenvalue weighted by molar-refractivity contribution is 0.576. The summed E-state index contributed by atoms with van der Waals surface area (Å²) in [6.07, 6.45) is 0. The van der Waals surface area contributed by atoms with Crippen LogP contribution < -0.4 is 0 Å². The molecule has 0 fully saturated rings. The molecule has 0 atom stereocenters. The van der Waals surface area contributed by atoms with Crippen LogP contribution in [-0.2, 0) is 5.75 Å². The average molecular weight is 411 g/mol. The molecule has 0 aliphatic carbocycles. The largest absolute Gasteiger partial charge is 0.270 e. The number of benzene rings is 3. The Hall–Kier alpha value is -3.06. The number of thioether (sulfide) groups is 1. The summed E-state index contributed by atoms with van der Waals surface area (Å²) in [7, 11) is 0. The molecule has 0 saturated carbocycles. The van der Waals surface area contributed by atoms with E-state index in [1.54, 1.807) is 22.8 Å². The lowest BCUT2D eigenvalue weighted by atomic mass is 10.1. The van der Waals surface area contributed by atoms with Gasteiger partial charge < -0.3 is 0 Å². The SMILES string of the molecule is Cc1ccccc1-n1c(SCc2ccc(F)cc2F)nnc1-c1ccccc1F. The molecule has 0 aliphatic rings. The Morgan fingerprint density at radius 1 is 0.862 bits per heavy atom. The van der Waals surface area contributed by atoms with E-state index in [-0.39, 0.29) is 5.75 Å². The molecule has 4 rings (SSSR count). The van der Waals surface area contributed by atoms with Gasteiger partial charge in [0.05, 0.1) is 11.3 Å². The zero-order chi connectivity index (χ0) is 20.4. The highest BCUT2D eigenvalue weighted by molar-refractivity contribution is 7.98. The van der Waals surface area contributed by atoms with E-state index in [4.69, 9.17) is 0 Å². The third kappa shape index (κ3) is 3.91. The van der Waals surface area contributed by atoms with Crippen molar-refractivity contribution in [2.45, 2.75) is 17.8 Å². The second-order valence-corrected chi connectivity index (χ2v) is 7.37. The van der Waals surface area contributed by atoms with Gasteiger partial charge in [-0.1, -0.05) is 48.2 Å². The summed E-state index contributed by atoms with van der Waals surface area (Å²) in [6.45, 7) is 1.94. The molecule has 0 aliphatic heterocycles. The van der Waals surface area contributed by atoms with Crippen LogP contribution in [0.25, 0.3) is 17.1 Å². The van der Waals surface area contributed by atoms with Gasteiger partial charge in [-0.3, -0.25) is 4.57 Å². The number of para-hydroxylation sites is 1. The molecule has 0 radical (unpaired) electrons. The molecule has 0 bridgehead atoms. The fraction of sp³-hybridized carbons (Fsp3) is 0.0909. The molecule has 146 valence electrons. The number of aryl methyl sites for hydroxylation is 1. The van der Waals surface area contributed by atoms with E-state index < -0.39 is 17.5 Å². The molecular weight excluding hydrogens is 395 g/mol. The van der Waals surface area contributed by atoms with E-state index in [9.17, 15) is 13.2 Å². The first kappa shape index (κ1) is 19.3. The van der Waals surface area contributed by atoms with Crippen molar-refractivity contribution in [2.24, 2.45) is 0 Å². The van der Waals surface area contributed by atoms with Crippen molar-refractivity contribution in [3.8, 4) is 17.1 Å². The Balaban J connectivity index is 1.78. The maximum Gasteiger partial charge on any atom is 0.196 e. The van der Waals surface area contributed by atoms with Crippen LogP contribution in [0, 0.1) is 24.4 Å². The predicted molar refractivity (Wildman–Crippen MR) is 107 cm³/mol. The smallest absolute Gasteiger partial charge is 0.196 e. The summed E-state index contributed by atoms with van der Waals surface area (Å²) >= 11 is 1.25. The minimum atomic E-state index is -0.624. The van der Waals surface area contributed by atoms with Crippen LogP contribution in [0.3, 0.4) is 0 Å². The maximum absolute atomic E-state index is 14.4. The van der Waals surface area contributed by atoms with Crippen molar-refractivity contribution in [1.29, 1.82) is 0 Å². The Morgan fingerprint density at radius 3 is 2.38 bits per heavy atom. The fourth-order valence-corrected chi connectivity index (χ4v) is 3.92. The Morgan fingerprint density at radius 2 is 1.62 bits per heavy atom. The Kier molecular flexibility index (Phi) is 5.40. The lowest BCUT2D eigenvalue weighted by Gasteiger charge is -2.13. The number of rotatable bonds is 5. The summed E-state index contributed by atoms with van der Waals surface area (Å²) in [4.78, 5) is 0. The van der Waals surface area contributed by atoms with E-state index in [0.717, 1.165) is 17.3 Å². The third-order valence-corrected chi connectivity index (χ3v) is 5.45. The van der Waals surface area contributed by atoms with Crippen LogP contribution in [0.4, 0.5) is 13.2 Å². The summed E-state index contributed by atoms with van der Waals surface area (Å²) < 4.78 is 43.4. The van der Waals surface area contributed by atoms with Gasteiger partial charge in [0.1, 0.15) is 17.5 Å². The highest BCUT2D eigenvalue weighted by Crippen LogP contribution is 2.32. The third-order valence-electron chi connectivity index (χ3n) is 4.48. The number of hydrogen-bond acceptors (Lipinski definition) is 3. The van der Waals surface area contributed by atoms with Gasteiger partial charge in [0.15, 0.2) is 11.0 Å². The molecule has 4 aromatic rings. The van der Waals surface area contributed by atoms with Gasteiger partial charge in [0.25, 0.3) is 0 Å². The highest BCUT2D eigenvalue weighted by Gasteiger charge is 2.20. The first-order chi connectivity index (χ1) is 14.0. The quantitative estimate of drug-likeness (QED) is 0.380. The van der Waals surface area contributed by atoms with E-state index in [1.807, 2.05) is 31.2 Å². The minimum Gasteiger partial charge on any atom is -0.270 e. The van der Waals surface area contributed by atoms with Crippen molar-refractivity contribution in [1.82, 2.24) is 14.8 Å². The van der Waals surface area contributed by atoms with E-state index in [1.165, 1.54) is 30.0 Å². The second-order valence-electron chi connectivity index (χ2n) is 6.43. The monoisotopic (exact) mass is 411 g/mol. The fourth-order valence-electron chi connectivity index (χ4n) is 2.99. The van der Waals surface area contributed by atoms with Gasteiger partial charge in [-0.15, -0.1) is 10.2 Å². The van der Waals surface area contributed by atoms with Crippen molar-refractivity contribution >= 4 is 11.8 Å². The number of hydrogen-bond donors (Lipinski definition) is 0. The van der Waals surface area contributed by atoms with Gasteiger partial charge in [0.2, 0.25) is 0 Å². The normalized spacial score (nSPS) is 11.0. The summed E-state index contributed by atoms with van der Waals surface area (Å²) in [5.41, 5.74) is 2.43. The number of halogens is 3. The molecule has 0 saturated heterocycles. The Bertz CT molecular complexity index is 1170. The molecule has 7 heteroatoms. The van der Waals surface area contributed by atoms with Crippen LogP contribution in [0.15, 0.2) is 71.9 Å². The first-order valence-electron chi connectivity index (χ1n) is 8.87. The molecule has 1 aromatic heterocycles. The molecule has 3 aromatic carbocycles. The number of nitrogens with zero attached hydrogens (tertiary/aromatic N) is 3. The van der Waals surface area contributed by atoms with E-state index in [0.29, 0.717) is 22.1 Å². The van der Waals surface area contributed by atoms with Crippen LogP contribution in [-0.4, -0.2) is 14.8 Å². The van der Waals surface area contributed by atoms with Gasteiger partial charge in [-0.2, -0.15) is 0 Å². The van der Waals surface area contributed by atoms with Crippen molar-refractivity contribution in [2.75, 3.05) is 0 Å². The van der Waals surface area contributed by atoms with Gasteiger partial charge in [-0.05, 0) is 42.3 Å². The van der Waals surface area contributed by atoms with E-state index in [2.05, 4.69) is 10.2 Å². The maximum atomic E-state index is 14.4. The molecule has 0 unspecified atom stereocenters. The average Bonchev–Trinajstić information content (AvgIpc) is 3.11. The molecule has 0 N–H and O–H groups in total. The molecule has 1 heterocycles.